The predicted molar refractivity (Wildman–Crippen MR) is 60.3 cm³/mol. The molecule has 0 amide bonds. The minimum atomic E-state index is -0.716. The molecule has 1 saturated heterocycles. The fourth-order valence-corrected chi connectivity index (χ4v) is 3.14. The zero-order valence-electron chi connectivity index (χ0n) is 9.95. The lowest BCUT2D eigenvalue weighted by Crippen LogP contribution is -2.39. The highest BCUT2D eigenvalue weighted by Crippen LogP contribution is 2.51. The molecule has 0 radical (unpaired) electrons. The highest BCUT2D eigenvalue weighted by atomic mass is 16.5. The van der Waals surface area contributed by atoms with Crippen LogP contribution in [0, 0.1) is 11.3 Å². The molecule has 1 aliphatic heterocycles. The van der Waals surface area contributed by atoms with Crippen LogP contribution < -0.4 is 0 Å². The molecule has 1 saturated carbocycles. The third kappa shape index (κ3) is 2.23. The summed E-state index contributed by atoms with van der Waals surface area (Å²) in [6, 6.07) is 0. The Hall–Kier alpha value is -0.610. The molecule has 2 rings (SSSR count). The van der Waals surface area contributed by atoms with Gasteiger partial charge in [-0.3, -0.25) is 9.69 Å². The summed E-state index contributed by atoms with van der Waals surface area (Å²) in [5.74, 6) is -0.174. The number of carboxylic acid groups (broad SMARTS) is 1. The molecule has 1 N–H and O–H groups in total. The molecule has 1 aliphatic carbocycles. The predicted octanol–water partition coefficient (Wildman–Crippen LogP) is 1.21. The van der Waals surface area contributed by atoms with E-state index < -0.39 is 5.97 Å². The van der Waals surface area contributed by atoms with Crippen LogP contribution in [0.4, 0.5) is 0 Å². The van der Waals surface area contributed by atoms with E-state index in [9.17, 15) is 4.79 Å². The van der Waals surface area contributed by atoms with Crippen LogP contribution in [-0.2, 0) is 9.53 Å². The van der Waals surface area contributed by atoms with Crippen molar-refractivity contribution in [3.05, 3.63) is 0 Å². The molecule has 92 valence electrons. The number of carboxylic acids is 1. The molecule has 1 spiro atoms. The molecule has 2 aliphatic rings. The Morgan fingerprint density at radius 2 is 2.31 bits per heavy atom. The van der Waals surface area contributed by atoms with E-state index in [1.165, 1.54) is 19.3 Å². The van der Waals surface area contributed by atoms with Gasteiger partial charge in [-0.1, -0.05) is 6.42 Å². The molecule has 2 fully saturated rings. The average Bonchev–Trinajstić information content (AvgIpc) is 2.52. The van der Waals surface area contributed by atoms with Crippen molar-refractivity contribution in [2.75, 3.05) is 32.8 Å². The average molecular weight is 227 g/mol. The summed E-state index contributed by atoms with van der Waals surface area (Å²) in [5.41, 5.74) is 0.380. The molecular weight excluding hydrogens is 206 g/mol. The van der Waals surface area contributed by atoms with E-state index in [1.54, 1.807) is 0 Å². The second-order valence-corrected chi connectivity index (χ2v) is 5.14. The minimum absolute atomic E-state index is 0.185. The lowest BCUT2D eigenvalue weighted by molar-refractivity contribution is -0.138. The fourth-order valence-electron chi connectivity index (χ4n) is 3.14. The Balaban J connectivity index is 1.92. The Bertz CT molecular complexity index is 263. The monoisotopic (exact) mass is 227 g/mol. The molecule has 4 heteroatoms. The molecule has 1 heterocycles. The lowest BCUT2D eigenvalue weighted by atomic mass is 9.63. The fraction of sp³-hybridized carbons (Fsp3) is 0.917. The smallest absolute Gasteiger partial charge is 0.317 e. The topological polar surface area (TPSA) is 49.8 Å². The molecular formula is C12H21NO3. The van der Waals surface area contributed by atoms with Crippen molar-refractivity contribution in [2.24, 2.45) is 11.3 Å². The van der Waals surface area contributed by atoms with E-state index in [4.69, 9.17) is 9.84 Å². The maximum absolute atomic E-state index is 10.7. The van der Waals surface area contributed by atoms with Gasteiger partial charge in [-0.05, 0) is 25.2 Å². The van der Waals surface area contributed by atoms with Gasteiger partial charge in [-0.15, -0.1) is 0 Å². The molecule has 4 nitrogen and oxygen atoms in total. The zero-order valence-corrected chi connectivity index (χ0v) is 9.95. The van der Waals surface area contributed by atoms with E-state index in [0.29, 0.717) is 11.3 Å². The van der Waals surface area contributed by atoms with Gasteiger partial charge in [0.1, 0.15) is 0 Å². The van der Waals surface area contributed by atoms with Gasteiger partial charge < -0.3 is 9.84 Å². The molecule has 0 aromatic rings. The molecule has 1 atom stereocenters. The van der Waals surface area contributed by atoms with Crippen LogP contribution in [0.1, 0.15) is 26.2 Å². The SMILES string of the molecule is CCOC[C@@H]1CN(CC(=O)O)CC12CCC2. The number of aliphatic carboxylic acids is 1. The van der Waals surface area contributed by atoms with Gasteiger partial charge in [0.15, 0.2) is 0 Å². The summed E-state index contributed by atoms with van der Waals surface area (Å²) in [5, 5.41) is 8.82. The second kappa shape index (κ2) is 4.72. The summed E-state index contributed by atoms with van der Waals surface area (Å²) in [6.07, 6.45) is 3.80. The van der Waals surface area contributed by atoms with Gasteiger partial charge in [0.05, 0.1) is 13.2 Å². The van der Waals surface area contributed by atoms with E-state index >= 15 is 0 Å². The first-order valence-electron chi connectivity index (χ1n) is 6.18. The van der Waals surface area contributed by atoms with Crippen LogP contribution in [0.5, 0.6) is 0 Å². The van der Waals surface area contributed by atoms with Crippen LogP contribution in [-0.4, -0.2) is 48.8 Å². The first-order chi connectivity index (χ1) is 7.66. The highest BCUT2D eigenvalue weighted by Gasteiger charge is 2.50. The number of rotatable bonds is 5. The number of hydrogen-bond donors (Lipinski definition) is 1. The van der Waals surface area contributed by atoms with Gasteiger partial charge >= 0.3 is 5.97 Å². The number of likely N-dealkylation sites (tertiary alicyclic amines) is 1. The largest absolute Gasteiger partial charge is 0.480 e. The second-order valence-electron chi connectivity index (χ2n) is 5.14. The Labute approximate surface area is 96.6 Å². The Kier molecular flexibility index (Phi) is 3.50. The Morgan fingerprint density at radius 1 is 1.56 bits per heavy atom. The van der Waals surface area contributed by atoms with Crippen LogP contribution >= 0.6 is 0 Å². The van der Waals surface area contributed by atoms with E-state index in [-0.39, 0.29) is 6.54 Å². The first kappa shape index (κ1) is 11.9. The molecule has 0 aromatic carbocycles. The van der Waals surface area contributed by atoms with Gasteiger partial charge in [-0.25, -0.2) is 0 Å². The standard InChI is InChI=1S/C12H21NO3/c1-2-16-8-10-6-13(7-11(14)15)9-12(10)4-3-5-12/h10H,2-9H2,1H3,(H,14,15)/t10-/m0/s1. The van der Waals surface area contributed by atoms with Crippen LogP contribution in [0.25, 0.3) is 0 Å². The quantitative estimate of drug-likeness (QED) is 0.767. The first-order valence-corrected chi connectivity index (χ1v) is 6.18. The van der Waals surface area contributed by atoms with Crippen LogP contribution in [0.3, 0.4) is 0 Å². The van der Waals surface area contributed by atoms with Crippen molar-refractivity contribution in [2.45, 2.75) is 26.2 Å². The van der Waals surface area contributed by atoms with Crippen LogP contribution in [0.2, 0.25) is 0 Å². The maximum Gasteiger partial charge on any atom is 0.317 e. The maximum atomic E-state index is 10.7. The minimum Gasteiger partial charge on any atom is -0.480 e. The van der Waals surface area contributed by atoms with Crippen LogP contribution in [0.15, 0.2) is 0 Å². The van der Waals surface area contributed by atoms with E-state index in [2.05, 4.69) is 4.90 Å². The van der Waals surface area contributed by atoms with Crippen molar-refractivity contribution in [1.29, 1.82) is 0 Å². The van der Waals surface area contributed by atoms with Crippen molar-refractivity contribution in [1.82, 2.24) is 4.90 Å². The number of carbonyl (C=O) groups is 1. The number of ether oxygens (including phenoxy) is 1. The lowest BCUT2D eigenvalue weighted by Gasteiger charge is -2.42. The van der Waals surface area contributed by atoms with Crippen molar-refractivity contribution in [3.63, 3.8) is 0 Å². The van der Waals surface area contributed by atoms with Gasteiger partial charge in [0.2, 0.25) is 0 Å². The van der Waals surface area contributed by atoms with Gasteiger partial charge in [0, 0.05) is 25.6 Å². The highest BCUT2D eigenvalue weighted by molar-refractivity contribution is 5.69. The molecule has 0 unspecified atom stereocenters. The van der Waals surface area contributed by atoms with E-state index in [0.717, 1.165) is 26.3 Å². The summed E-state index contributed by atoms with van der Waals surface area (Å²) < 4.78 is 5.53. The number of nitrogens with zero attached hydrogens (tertiary/aromatic N) is 1. The Morgan fingerprint density at radius 3 is 2.81 bits per heavy atom. The van der Waals surface area contributed by atoms with Gasteiger partial charge in [-0.2, -0.15) is 0 Å². The summed E-state index contributed by atoms with van der Waals surface area (Å²) in [4.78, 5) is 12.8. The zero-order chi connectivity index (χ0) is 11.6. The van der Waals surface area contributed by atoms with Crippen molar-refractivity contribution >= 4 is 5.97 Å². The van der Waals surface area contributed by atoms with E-state index in [1.807, 2.05) is 6.92 Å². The summed E-state index contributed by atoms with van der Waals surface area (Å²) in [7, 11) is 0. The normalized spacial score (nSPS) is 28.2. The third-order valence-corrected chi connectivity index (χ3v) is 4.11. The van der Waals surface area contributed by atoms with Crippen molar-refractivity contribution < 1.29 is 14.6 Å². The molecule has 0 bridgehead atoms. The number of hydrogen-bond acceptors (Lipinski definition) is 3. The molecule has 0 aromatic heterocycles. The molecule has 16 heavy (non-hydrogen) atoms. The summed E-state index contributed by atoms with van der Waals surface area (Å²) >= 11 is 0. The summed E-state index contributed by atoms with van der Waals surface area (Å²) in [6.45, 7) is 5.60. The van der Waals surface area contributed by atoms with Gasteiger partial charge in [0.25, 0.3) is 0 Å². The van der Waals surface area contributed by atoms with Crippen molar-refractivity contribution in [3.8, 4) is 0 Å². The third-order valence-electron chi connectivity index (χ3n) is 4.11.